The van der Waals surface area contributed by atoms with Crippen molar-refractivity contribution in [3.05, 3.63) is 71.6 Å². The van der Waals surface area contributed by atoms with Crippen LogP contribution in [-0.2, 0) is 9.53 Å². The molecule has 0 saturated heterocycles. The van der Waals surface area contributed by atoms with Gasteiger partial charge in [0.2, 0.25) is 0 Å². The van der Waals surface area contributed by atoms with E-state index < -0.39 is 0 Å². The molecule has 0 saturated carbocycles. The smallest absolute Gasteiger partial charge is 0.319 e. The number of thioether (sulfide) groups is 1. The van der Waals surface area contributed by atoms with E-state index in [4.69, 9.17) is 16.3 Å². The first-order valence-electron chi connectivity index (χ1n) is 10.0. The fraction of sp³-hybridized carbons (Fsp3) is 0.208. The van der Waals surface area contributed by atoms with Crippen LogP contribution < -0.4 is 0 Å². The third-order valence-corrected chi connectivity index (χ3v) is 6.46. The van der Waals surface area contributed by atoms with Crippen molar-refractivity contribution in [3.8, 4) is 16.8 Å². The third-order valence-electron chi connectivity index (χ3n) is 4.97. The molecule has 2 aromatic carbocycles. The second-order valence-corrected chi connectivity index (χ2v) is 8.84. The van der Waals surface area contributed by atoms with E-state index in [1.165, 1.54) is 18.1 Å². The van der Waals surface area contributed by atoms with Crippen LogP contribution in [0.15, 0.2) is 66.1 Å². The molecule has 2 heterocycles. The fourth-order valence-electron chi connectivity index (χ4n) is 3.36. The van der Waals surface area contributed by atoms with Gasteiger partial charge in [-0.2, -0.15) is 0 Å². The SMILES string of the molecule is CCOC(=O)[C@H](C)Sc1ncnc2c1c(-c1ccccc1)cn2-c1ccc(C)c(Cl)c1. The summed E-state index contributed by atoms with van der Waals surface area (Å²) in [6, 6.07) is 16.0. The van der Waals surface area contributed by atoms with E-state index in [1.807, 2.05) is 54.8 Å². The first-order valence-corrected chi connectivity index (χ1v) is 11.3. The molecule has 158 valence electrons. The number of aromatic nitrogens is 3. The van der Waals surface area contributed by atoms with Gasteiger partial charge in [0.05, 0.1) is 12.0 Å². The first-order chi connectivity index (χ1) is 15.0. The average molecular weight is 452 g/mol. The van der Waals surface area contributed by atoms with Crippen LogP contribution in [0.2, 0.25) is 5.02 Å². The average Bonchev–Trinajstić information content (AvgIpc) is 3.17. The minimum atomic E-state index is -0.390. The van der Waals surface area contributed by atoms with Crippen LogP contribution >= 0.6 is 23.4 Å². The highest BCUT2D eigenvalue weighted by atomic mass is 35.5. The van der Waals surface area contributed by atoms with Crippen molar-refractivity contribution in [1.82, 2.24) is 14.5 Å². The van der Waals surface area contributed by atoms with E-state index in [1.54, 1.807) is 6.92 Å². The lowest BCUT2D eigenvalue weighted by molar-refractivity contribution is -0.142. The molecule has 0 unspecified atom stereocenters. The molecule has 0 radical (unpaired) electrons. The lowest BCUT2D eigenvalue weighted by atomic mass is 10.1. The molecular weight excluding hydrogens is 430 g/mol. The summed E-state index contributed by atoms with van der Waals surface area (Å²) in [7, 11) is 0. The Morgan fingerprint density at radius 3 is 2.68 bits per heavy atom. The van der Waals surface area contributed by atoms with Gasteiger partial charge in [-0.3, -0.25) is 4.79 Å². The maximum atomic E-state index is 12.2. The largest absolute Gasteiger partial charge is 0.465 e. The van der Waals surface area contributed by atoms with Crippen LogP contribution in [0.1, 0.15) is 19.4 Å². The molecule has 7 heteroatoms. The Morgan fingerprint density at radius 1 is 1.19 bits per heavy atom. The highest BCUT2D eigenvalue weighted by Gasteiger charge is 2.22. The minimum Gasteiger partial charge on any atom is -0.465 e. The summed E-state index contributed by atoms with van der Waals surface area (Å²) in [5.74, 6) is -0.259. The van der Waals surface area contributed by atoms with Crippen LogP contribution in [0.25, 0.3) is 27.8 Å². The number of rotatable bonds is 6. The maximum Gasteiger partial charge on any atom is 0.319 e. The molecule has 0 fully saturated rings. The van der Waals surface area contributed by atoms with Crippen molar-refractivity contribution in [2.45, 2.75) is 31.0 Å². The molecule has 0 aliphatic heterocycles. The summed E-state index contributed by atoms with van der Waals surface area (Å²) < 4.78 is 7.20. The number of fused-ring (bicyclic) bond motifs is 1. The minimum absolute atomic E-state index is 0.259. The Balaban J connectivity index is 1.91. The maximum absolute atomic E-state index is 12.2. The Bertz CT molecular complexity index is 1240. The van der Waals surface area contributed by atoms with E-state index in [2.05, 4.69) is 28.3 Å². The number of halogens is 1. The van der Waals surface area contributed by atoms with Gasteiger partial charge in [0.15, 0.2) is 0 Å². The normalized spacial score (nSPS) is 12.1. The second kappa shape index (κ2) is 9.12. The van der Waals surface area contributed by atoms with Gasteiger partial charge in [-0.1, -0.05) is 59.8 Å². The number of esters is 1. The fourth-order valence-corrected chi connectivity index (χ4v) is 4.46. The zero-order valence-corrected chi connectivity index (χ0v) is 19.1. The van der Waals surface area contributed by atoms with Crippen LogP contribution in [0.3, 0.4) is 0 Å². The molecule has 0 spiro atoms. The molecule has 0 amide bonds. The molecule has 4 aromatic rings. The molecule has 0 aliphatic carbocycles. The van der Waals surface area contributed by atoms with E-state index in [9.17, 15) is 4.79 Å². The number of aryl methyl sites for hydroxylation is 1. The Hall–Kier alpha value is -2.83. The van der Waals surface area contributed by atoms with Crippen molar-refractivity contribution >= 4 is 40.4 Å². The monoisotopic (exact) mass is 451 g/mol. The van der Waals surface area contributed by atoms with Gasteiger partial charge in [-0.15, -0.1) is 0 Å². The molecular formula is C24H22ClN3O2S. The predicted molar refractivity (Wildman–Crippen MR) is 126 cm³/mol. The molecule has 4 rings (SSSR count). The zero-order valence-electron chi connectivity index (χ0n) is 17.5. The first kappa shape index (κ1) is 21.4. The Labute approximate surface area is 190 Å². The summed E-state index contributed by atoms with van der Waals surface area (Å²) in [4.78, 5) is 21.3. The van der Waals surface area contributed by atoms with Crippen LogP contribution in [0, 0.1) is 6.92 Å². The number of carbonyl (C=O) groups is 1. The molecule has 2 aromatic heterocycles. The van der Waals surface area contributed by atoms with Gasteiger partial charge in [0, 0.05) is 22.5 Å². The van der Waals surface area contributed by atoms with E-state index in [0.717, 1.165) is 38.4 Å². The number of ether oxygens (including phenoxy) is 1. The van der Waals surface area contributed by atoms with Gasteiger partial charge >= 0.3 is 5.97 Å². The highest BCUT2D eigenvalue weighted by molar-refractivity contribution is 8.00. The third kappa shape index (κ3) is 4.31. The molecule has 1 atom stereocenters. The second-order valence-electron chi connectivity index (χ2n) is 7.10. The van der Waals surface area contributed by atoms with Gasteiger partial charge in [0.25, 0.3) is 0 Å². The number of benzene rings is 2. The quantitative estimate of drug-likeness (QED) is 0.201. The molecule has 31 heavy (non-hydrogen) atoms. The number of hydrogen-bond donors (Lipinski definition) is 0. The zero-order chi connectivity index (χ0) is 22.0. The number of nitrogens with zero attached hydrogens (tertiary/aromatic N) is 3. The molecule has 0 N–H and O–H groups in total. The highest BCUT2D eigenvalue weighted by Crippen LogP contribution is 2.38. The van der Waals surface area contributed by atoms with E-state index in [-0.39, 0.29) is 11.2 Å². The van der Waals surface area contributed by atoms with Gasteiger partial charge < -0.3 is 9.30 Å². The number of hydrogen-bond acceptors (Lipinski definition) is 5. The lowest BCUT2D eigenvalue weighted by Crippen LogP contribution is -2.16. The number of carbonyl (C=O) groups excluding carboxylic acids is 1. The van der Waals surface area contributed by atoms with Crippen molar-refractivity contribution in [2.75, 3.05) is 6.61 Å². The molecule has 5 nitrogen and oxygen atoms in total. The standard InChI is InChI=1S/C24H22ClN3O2S/c1-4-30-24(29)16(3)31-23-21-19(17-8-6-5-7-9-17)13-28(22(21)26-14-27-23)18-11-10-15(2)20(25)12-18/h5-14,16H,4H2,1-3H3/t16-/m0/s1. The van der Waals surface area contributed by atoms with Gasteiger partial charge in [-0.05, 0) is 44.0 Å². The summed E-state index contributed by atoms with van der Waals surface area (Å²) in [6.45, 7) is 5.96. The van der Waals surface area contributed by atoms with E-state index >= 15 is 0 Å². The topological polar surface area (TPSA) is 57.0 Å². The van der Waals surface area contributed by atoms with Crippen molar-refractivity contribution in [2.24, 2.45) is 0 Å². The van der Waals surface area contributed by atoms with Gasteiger partial charge in [-0.25, -0.2) is 9.97 Å². The Morgan fingerprint density at radius 2 is 1.97 bits per heavy atom. The van der Waals surface area contributed by atoms with Crippen LogP contribution in [0.5, 0.6) is 0 Å². The summed E-state index contributed by atoms with van der Waals surface area (Å²) in [5.41, 5.74) is 4.72. The van der Waals surface area contributed by atoms with Crippen LogP contribution in [0.4, 0.5) is 0 Å². The van der Waals surface area contributed by atoms with Crippen LogP contribution in [-0.4, -0.2) is 32.4 Å². The summed E-state index contributed by atoms with van der Waals surface area (Å²) in [5, 5.41) is 1.94. The predicted octanol–water partition coefficient (Wildman–Crippen LogP) is 6.09. The molecule has 0 bridgehead atoms. The van der Waals surface area contributed by atoms with Crippen molar-refractivity contribution in [1.29, 1.82) is 0 Å². The van der Waals surface area contributed by atoms with Gasteiger partial charge in [0.1, 0.15) is 22.3 Å². The molecule has 0 aliphatic rings. The van der Waals surface area contributed by atoms with Crippen molar-refractivity contribution in [3.63, 3.8) is 0 Å². The summed E-state index contributed by atoms with van der Waals surface area (Å²) >= 11 is 7.78. The summed E-state index contributed by atoms with van der Waals surface area (Å²) in [6.07, 6.45) is 3.58. The van der Waals surface area contributed by atoms with E-state index in [0.29, 0.717) is 11.6 Å². The Kier molecular flexibility index (Phi) is 6.30. The lowest BCUT2D eigenvalue weighted by Gasteiger charge is -2.11. The van der Waals surface area contributed by atoms with Crippen molar-refractivity contribution < 1.29 is 9.53 Å².